The maximum absolute atomic E-state index is 7.28. The Morgan fingerprint density at radius 3 is 1.77 bits per heavy atom. The Balaban J connectivity index is 1.21. The van der Waals surface area contributed by atoms with E-state index < -0.39 is 0 Å². The van der Waals surface area contributed by atoms with E-state index in [4.69, 9.17) is 16.0 Å². The predicted octanol–water partition coefficient (Wildman–Crippen LogP) is 13.3. The molecular weight excluding hydrogens is 606 g/mol. The van der Waals surface area contributed by atoms with Crippen molar-refractivity contribution in [2.24, 2.45) is 0 Å². The molecule has 1 aliphatic carbocycles. The summed E-state index contributed by atoms with van der Waals surface area (Å²) in [7, 11) is 0. The van der Waals surface area contributed by atoms with Gasteiger partial charge in [-0.3, -0.25) is 0 Å². The highest BCUT2D eigenvalue weighted by atomic mass is 35.5. The molecule has 0 bridgehead atoms. The minimum Gasteiger partial charge on any atom is -0.456 e. The predicted molar refractivity (Wildman–Crippen MR) is 202 cm³/mol. The van der Waals surface area contributed by atoms with Crippen LogP contribution in [0.25, 0.3) is 55.3 Å². The molecule has 230 valence electrons. The zero-order valence-electron chi connectivity index (χ0n) is 26.7. The Labute approximate surface area is 285 Å². The van der Waals surface area contributed by atoms with Crippen LogP contribution in [0, 0.1) is 0 Å². The smallest absolute Gasteiger partial charge is 0.137 e. The second-order valence-electron chi connectivity index (χ2n) is 13.1. The summed E-state index contributed by atoms with van der Waals surface area (Å²) in [4.78, 5) is 2.26. The standard InChI is InChI=1S/C45H32ClNO/c1-45(2)39-16-10-9-15-35(39)38-27-41(46)42(28-40(38)45)47(33-20-17-31(18-21-33)29-11-5-3-6-12-29)34-22-24-37-36-23-19-32(30-13-7-4-8-14-30)25-43(36)48-44(37)26-34/h3-28H,1-2H3. The Kier molecular flexibility index (Phi) is 6.57. The lowest BCUT2D eigenvalue weighted by Crippen LogP contribution is -2.17. The van der Waals surface area contributed by atoms with Crippen molar-refractivity contribution in [3.05, 3.63) is 174 Å². The third kappa shape index (κ3) is 4.56. The molecule has 0 saturated carbocycles. The topological polar surface area (TPSA) is 16.4 Å². The van der Waals surface area contributed by atoms with Crippen molar-refractivity contribution in [3.63, 3.8) is 0 Å². The van der Waals surface area contributed by atoms with Crippen LogP contribution >= 0.6 is 11.6 Å². The van der Waals surface area contributed by atoms with Crippen LogP contribution in [-0.2, 0) is 5.41 Å². The quantitative estimate of drug-likeness (QED) is 0.187. The monoisotopic (exact) mass is 637 g/mol. The van der Waals surface area contributed by atoms with Crippen molar-refractivity contribution in [1.82, 2.24) is 0 Å². The summed E-state index contributed by atoms with van der Waals surface area (Å²) in [5.41, 5.74) is 14.2. The number of furan rings is 1. The number of nitrogens with zero attached hydrogens (tertiary/aromatic N) is 1. The molecule has 48 heavy (non-hydrogen) atoms. The van der Waals surface area contributed by atoms with Gasteiger partial charge in [0.25, 0.3) is 0 Å². The second-order valence-corrected chi connectivity index (χ2v) is 13.5. The van der Waals surface area contributed by atoms with Gasteiger partial charge in [-0.2, -0.15) is 0 Å². The fourth-order valence-electron chi connectivity index (χ4n) is 7.46. The zero-order chi connectivity index (χ0) is 32.4. The third-order valence-electron chi connectivity index (χ3n) is 9.95. The first kappa shape index (κ1) is 28.6. The minimum atomic E-state index is -0.159. The molecule has 0 aliphatic heterocycles. The van der Waals surface area contributed by atoms with Gasteiger partial charge in [-0.1, -0.05) is 129 Å². The van der Waals surface area contributed by atoms with E-state index in [0.717, 1.165) is 50.1 Å². The number of fused-ring (bicyclic) bond motifs is 6. The summed E-state index contributed by atoms with van der Waals surface area (Å²) in [5, 5.41) is 2.89. The van der Waals surface area contributed by atoms with Crippen LogP contribution in [0.4, 0.5) is 17.1 Å². The minimum absolute atomic E-state index is 0.159. The first-order valence-electron chi connectivity index (χ1n) is 16.4. The SMILES string of the molecule is CC1(C)c2ccccc2-c2cc(Cl)c(N(c3ccc(-c4ccccc4)cc3)c3ccc4c(c3)oc3cc(-c5ccccc5)ccc34)cc21. The van der Waals surface area contributed by atoms with Gasteiger partial charge in [-0.05, 0) is 93.0 Å². The van der Waals surface area contributed by atoms with E-state index >= 15 is 0 Å². The Bertz CT molecular complexity index is 2480. The van der Waals surface area contributed by atoms with Crippen LogP contribution in [0.1, 0.15) is 25.0 Å². The van der Waals surface area contributed by atoms with Crippen molar-refractivity contribution in [3.8, 4) is 33.4 Å². The van der Waals surface area contributed by atoms with E-state index in [-0.39, 0.29) is 5.41 Å². The van der Waals surface area contributed by atoms with Gasteiger partial charge in [-0.15, -0.1) is 0 Å². The Hall–Kier alpha value is -5.57. The van der Waals surface area contributed by atoms with E-state index in [1.54, 1.807) is 0 Å². The molecule has 1 aromatic heterocycles. The molecule has 7 aromatic carbocycles. The number of hydrogen-bond acceptors (Lipinski definition) is 2. The van der Waals surface area contributed by atoms with Gasteiger partial charge >= 0.3 is 0 Å². The average Bonchev–Trinajstić information content (AvgIpc) is 3.60. The molecule has 1 heterocycles. The summed E-state index contributed by atoms with van der Waals surface area (Å²) in [6, 6.07) is 55.7. The zero-order valence-corrected chi connectivity index (χ0v) is 27.5. The first-order valence-corrected chi connectivity index (χ1v) is 16.7. The first-order chi connectivity index (χ1) is 23.5. The lowest BCUT2D eigenvalue weighted by atomic mass is 9.82. The molecule has 0 saturated heterocycles. The Morgan fingerprint density at radius 2 is 1.04 bits per heavy atom. The molecule has 0 N–H and O–H groups in total. The molecule has 0 radical (unpaired) electrons. The van der Waals surface area contributed by atoms with Gasteiger partial charge in [0, 0.05) is 33.6 Å². The van der Waals surface area contributed by atoms with Crippen molar-refractivity contribution >= 4 is 50.6 Å². The van der Waals surface area contributed by atoms with Crippen molar-refractivity contribution in [1.29, 1.82) is 0 Å². The molecule has 0 amide bonds. The fourth-order valence-corrected chi connectivity index (χ4v) is 7.71. The summed E-state index contributed by atoms with van der Waals surface area (Å²) in [6.07, 6.45) is 0. The highest BCUT2D eigenvalue weighted by Crippen LogP contribution is 2.53. The molecule has 0 spiro atoms. The molecular formula is C45H32ClNO. The summed E-state index contributed by atoms with van der Waals surface area (Å²) >= 11 is 7.28. The number of anilines is 3. The van der Waals surface area contributed by atoms with Gasteiger partial charge < -0.3 is 9.32 Å². The number of benzene rings is 7. The maximum atomic E-state index is 7.28. The van der Waals surface area contributed by atoms with Crippen LogP contribution in [0.3, 0.4) is 0 Å². The molecule has 0 fully saturated rings. The fraction of sp³-hybridized carbons (Fsp3) is 0.0667. The maximum Gasteiger partial charge on any atom is 0.137 e. The van der Waals surface area contributed by atoms with Crippen LogP contribution < -0.4 is 4.90 Å². The van der Waals surface area contributed by atoms with Gasteiger partial charge in [0.05, 0.1) is 10.7 Å². The number of rotatable bonds is 5. The van der Waals surface area contributed by atoms with Crippen LogP contribution in [0.5, 0.6) is 0 Å². The lowest BCUT2D eigenvalue weighted by Gasteiger charge is -2.29. The van der Waals surface area contributed by atoms with Gasteiger partial charge in [-0.25, -0.2) is 0 Å². The van der Waals surface area contributed by atoms with E-state index in [0.29, 0.717) is 5.02 Å². The summed E-state index contributed by atoms with van der Waals surface area (Å²) in [5.74, 6) is 0. The molecule has 0 unspecified atom stereocenters. The molecule has 8 aromatic rings. The Morgan fingerprint density at radius 1 is 0.479 bits per heavy atom. The van der Waals surface area contributed by atoms with Crippen molar-refractivity contribution in [2.75, 3.05) is 4.90 Å². The van der Waals surface area contributed by atoms with Gasteiger partial charge in [0.2, 0.25) is 0 Å². The van der Waals surface area contributed by atoms with E-state index in [9.17, 15) is 0 Å². The molecule has 2 nitrogen and oxygen atoms in total. The van der Waals surface area contributed by atoms with E-state index in [1.807, 2.05) is 12.1 Å². The molecule has 9 rings (SSSR count). The average molecular weight is 638 g/mol. The van der Waals surface area contributed by atoms with Crippen LogP contribution in [0.2, 0.25) is 5.02 Å². The largest absolute Gasteiger partial charge is 0.456 e. The number of halogens is 1. The van der Waals surface area contributed by atoms with Crippen molar-refractivity contribution < 1.29 is 4.42 Å². The third-order valence-corrected chi connectivity index (χ3v) is 10.2. The van der Waals surface area contributed by atoms with E-state index in [2.05, 4.69) is 164 Å². The number of hydrogen-bond donors (Lipinski definition) is 0. The van der Waals surface area contributed by atoms with Gasteiger partial charge in [0.15, 0.2) is 0 Å². The normalized spacial score (nSPS) is 13.1. The van der Waals surface area contributed by atoms with Gasteiger partial charge in [0.1, 0.15) is 11.2 Å². The summed E-state index contributed by atoms with van der Waals surface area (Å²) in [6.45, 7) is 4.61. The molecule has 0 atom stereocenters. The highest BCUT2D eigenvalue weighted by molar-refractivity contribution is 6.34. The summed E-state index contributed by atoms with van der Waals surface area (Å²) < 4.78 is 6.57. The molecule has 3 heteroatoms. The second kappa shape index (κ2) is 11.0. The highest BCUT2D eigenvalue weighted by Gasteiger charge is 2.36. The molecule has 1 aliphatic rings. The lowest BCUT2D eigenvalue weighted by molar-refractivity contribution is 0.660. The van der Waals surface area contributed by atoms with Crippen molar-refractivity contribution in [2.45, 2.75) is 19.3 Å². The van der Waals surface area contributed by atoms with E-state index in [1.165, 1.54) is 33.4 Å². The van der Waals surface area contributed by atoms with Crippen LogP contribution in [0.15, 0.2) is 162 Å². The van der Waals surface area contributed by atoms with Crippen LogP contribution in [-0.4, -0.2) is 0 Å².